The van der Waals surface area contributed by atoms with Gasteiger partial charge in [-0.25, -0.2) is 0 Å². The average Bonchev–Trinajstić information content (AvgIpc) is 2.13. The van der Waals surface area contributed by atoms with Crippen molar-refractivity contribution in [2.24, 2.45) is 0 Å². The van der Waals surface area contributed by atoms with Crippen molar-refractivity contribution >= 4 is 5.97 Å². The summed E-state index contributed by atoms with van der Waals surface area (Å²) in [4.78, 5) is 11.2. The van der Waals surface area contributed by atoms with Crippen molar-refractivity contribution in [3.8, 4) is 0 Å². The van der Waals surface area contributed by atoms with Crippen LogP contribution in [0.15, 0.2) is 0 Å². The van der Waals surface area contributed by atoms with E-state index in [0.717, 1.165) is 12.8 Å². The number of ether oxygens (including phenoxy) is 1. The Labute approximate surface area is 80.1 Å². The maximum atomic E-state index is 11.2. The van der Waals surface area contributed by atoms with Crippen molar-refractivity contribution < 1.29 is 14.6 Å². The van der Waals surface area contributed by atoms with E-state index >= 15 is 0 Å². The molecule has 0 spiro atoms. The summed E-state index contributed by atoms with van der Waals surface area (Å²) in [5.41, 5.74) is 0. The summed E-state index contributed by atoms with van der Waals surface area (Å²) in [7, 11) is 0. The van der Waals surface area contributed by atoms with Crippen LogP contribution >= 0.6 is 0 Å². The van der Waals surface area contributed by atoms with Crippen molar-refractivity contribution in [3.05, 3.63) is 0 Å². The van der Waals surface area contributed by atoms with Gasteiger partial charge in [-0.2, -0.15) is 0 Å². The van der Waals surface area contributed by atoms with E-state index in [1.54, 1.807) is 0 Å². The Hall–Kier alpha value is -0.570. The lowest BCUT2D eigenvalue weighted by atomic mass is 10.2. The Morgan fingerprint density at radius 3 is 2.15 bits per heavy atom. The van der Waals surface area contributed by atoms with Crippen LogP contribution in [0.2, 0.25) is 0 Å². The van der Waals surface area contributed by atoms with Crippen LogP contribution in [0.5, 0.6) is 0 Å². The Bertz CT molecular complexity index is 141. The van der Waals surface area contributed by atoms with Crippen LogP contribution in [0.25, 0.3) is 0 Å². The van der Waals surface area contributed by atoms with Gasteiger partial charge in [-0.15, -0.1) is 0 Å². The van der Waals surface area contributed by atoms with Crippen molar-refractivity contribution in [2.75, 3.05) is 0 Å². The van der Waals surface area contributed by atoms with E-state index in [4.69, 9.17) is 4.74 Å². The van der Waals surface area contributed by atoms with E-state index in [1.165, 1.54) is 0 Å². The second-order valence-electron chi connectivity index (χ2n) is 3.19. The van der Waals surface area contributed by atoms with Crippen molar-refractivity contribution in [1.82, 2.24) is 0 Å². The Kier molecular flexibility index (Phi) is 6.59. The summed E-state index contributed by atoms with van der Waals surface area (Å²) in [6.07, 6.45) is 1.85. The minimum absolute atomic E-state index is 0.0107. The first-order chi connectivity index (χ1) is 6.13. The fourth-order valence-electron chi connectivity index (χ4n) is 1.03. The standard InChI is InChI=1S/C10H20O3/c1-4-8(11)7-10(12)13-9(5-2)6-3/h8-9,11H,4-7H2,1-3H3/t8-/m0/s1. The van der Waals surface area contributed by atoms with Gasteiger partial charge in [0.15, 0.2) is 0 Å². The van der Waals surface area contributed by atoms with E-state index < -0.39 is 6.10 Å². The quantitative estimate of drug-likeness (QED) is 0.647. The van der Waals surface area contributed by atoms with E-state index in [9.17, 15) is 9.90 Å². The van der Waals surface area contributed by atoms with Gasteiger partial charge in [0.1, 0.15) is 6.10 Å². The van der Waals surface area contributed by atoms with Crippen LogP contribution in [-0.4, -0.2) is 23.3 Å². The summed E-state index contributed by atoms with van der Waals surface area (Å²) < 4.78 is 5.12. The number of carbonyl (C=O) groups is 1. The van der Waals surface area contributed by atoms with Crippen LogP contribution in [-0.2, 0) is 9.53 Å². The third kappa shape index (κ3) is 5.64. The highest BCUT2D eigenvalue weighted by molar-refractivity contribution is 5.70. The fourth-order valence-corrected chi connectivity index (χ4v) is 1.03. The molecule has 0 aromatic carbocycles. The largest absolute Gasteiger partial charge is 0.462 e. The molecule has 0 fully saturated rings. The minimum Gasteiger partial charge on any atom is -0.462 e. The third-order valence-corrected chi connectivity index (χ3v) is 2.08. The number of hydrogen-bond donors (Lipinski definition) is 1. The molecule has 3 heteroatoms. The molecule has 13 heavy (non-hydrogen) atoms. The molecule has 0 amide bonds. The highest BCUT2D eigenvalue weighted by Gasteiger charge is 2.13. The van der Waals surface area contributed by atoms with E-state index in [0.29, 0.717) is 6.42 Å². The van der Waals surface area contributed by atoms with Gasteiger partial charge in [-0.3, -0.25) is 4.79 Å². The molecule has 0 saturated heterocycles. The lowest BCUT2D eigenvalue weighted by molar-refractivity contribution is -0.151. The molecule has 0 aliphatic heterocycles. The van der Waals surface area contributed by atoms with Crippen molar-refractivity contribution in [2.45, 2.75) is 58.7 Å². The van der Waals surface area contributed by atoms with Crippen LogP contribution in [0.3, 0.4) is 0 Å². The van der Waals surface area contributed by atoms with Gasteiger partial charge in [0.25, 0.3) is 0 Å². The zero-order chi connectivity index (χ0) is 10.3. The first kappa shape index (κ1) is 12.4. The number of rotatable bonds is 6. The van der Waals surface area contributed by atoms with Crippen LogP contribution in [0.4, 0.5) is 0 Å². The van der Waals surface area contributed by atoms with E-state index in [2.05, 4.69) is 0 Å². The molecule has 0 aromatic heterocycles. The number of esters is 1. The molecule has 0 heterocycles. The van der Waals surface area contributed by atoms with Gasteiger partial charge in [0.2, 0.25) is 0 Å². The average molecular weight is 188 g/mol. The first-order valence-electron chi connectivity index (χ1n) is 5.01. The smallest absolute Gasteiger partial charge is 0.308 e. The first-order valence-corrected chi connectivity index (χ1v) is 5.01. The molecule has 3 nitrogen and oxygen atoms in total. The Morgan fingerprint density at radius 2 is 1.77 bits per heavy atom. The van der Waals surface area contributed by atoms with Crippen LogP contribution < -0.4 is 0 Å². The van der Waals surface area contributed by atoms with E-state index in [1.807, 2.05) is 20.8 Å². The molecule has 0 aromatic rings. The second-order valence-corrected chi connectivity index (χ2v) is 3.19. The molecule has 1 atom stereocenters. The molecular formula is C10H20O3. The second kappa shape index (κ2) is 6.89. The SMILES string of the molecule is CCC(CC)OC(=O)C[C@@H](O)CC. The van der Waals surface area contributed by atoms with E-state index in [-0.39, 0.29) is 18.5 Å². The molecule has 0 rings (SSSR count). The van der Waals surface area contributed by atoms with Gasteiger partial charge >= 0.3 is 5.97 Å². The van der Waals surface area contributed by atoms with Gasteiger partial charge in [-0.1, -0.05) is 20.8 Å². The van der Waals surface area contributed by atoms with Crippen molar-refractivity contribution in [3.63, 3.8) is 0 Å². The maximum Gasteiger partial charge on any atom is 0.308 e. The molecule has 78 valence electrons. The number of hydrogen-bond acceptors (Lipinski definition) is 3. The monoisotopic (exact) mass is 188 g/mol. The maximum absolute atomic E-state index is 11.2. The van der Waals surface area contributed by atoms with Crippen molar-refractivity contribution in [1.29, 1.82) is 0 Å². The molecule has 0 bridgehead atoms. The number of carbonyl (C=O) groups excluding carboxylic acids is 1. The molecule has 0 aliphatic carbocycles. The van der Waals surface area contributed by atoms with Gasteiger partial charge in [-0.05, 0) is 19.3 Å². The highest BCUT2D eigenvalue weighted by atomic mass is 16.5. The summed E-state index contributed by atoms with van der Waals surface area (Å²) in [5, 5.41) is 9.19. The summed E-state index contributed by atoms with van der Waals surface area (Å²) in [6, 6.07) is 0. The Morgan fingerprint density at radius 1 is 1.23 bits per heavy atom. The van der Waals surface area contributed by atoms with Gasteiger partial charge in [0, 0.05) is 0 Å². The number of aliphatic hydroxyl groups is 1. The molecule has 0 unspecified atom stereocenters. The van der Waals surface area contributed by atoms with Crippen LogP contribution in [0.1, 0.15) is 46.5 Å². The van der Waals surface area contributed by atoms with Crippen LogP contribution in [0, 0.1) is 0 Å². The zero-order valence-corrected chi connectivity index (χ0v) is 8.75. The molecular weight excluding hydrogens is 168 g/mol. The lowest BCUT2D eigenvalue weighted by Crippen LogP contribution is -2.20. The summed E-state index contributed by atoms with van der Waals surface area (Å²) in [6.45, 7) is 5.81. The normalized spacial score (nSPS) is 13.0. The third-order valence-electron chi connectivity index (χ3n) is 2.08. The topological polar surface area (TPSA) is 46.5 Å². The Balaban J connectivity index is 3.72. The fraction of sp³-hybridized carbons (Fsp3) is 0.900. The molecule has 0 saturated carbocycles. The predicted molar refractivity (Wildman–Crippen MR) is 51.4 cm³/mol. The zero-order valence-electron chi connectivity index (χ0n) is 8.75. The predicted octanol–water partition coefficient (Wildman–Crippen LogP) is 1.88. The lowest BCUT2D eigenvalue weighted by Gasteiger charge is -2.15. The minimum atomic E-state index is -0.554. The summed E-state index contributed by atoms with van der Waals surface area (Å²) >= 11 is 0. The number of aliphatic hydroxyl groups excluding tert-OH is 1. The molecule has 1 N–H and O–H groups in total. The molecule has 0 radical (unpaired) electrons. The highest BCUT2D eigenvalue weighted by Crippen LogP contribution is 2.06. The van der Waals surface area contributed by atoms with Gasteiger partial charge in [0.05, 0.1) is 12.5 Å². The van der Waals surface area contributed by atoms with Gasteiger partial charge < -0.3 is 9.84 Å². The summed E-state index contributed by atoms with van der Waals surface area (Å²) in [5.74, 6) is -0.289. The molecule has 0 aliphatic rings.